The SMILES string of the molecule is Nc1c(NC(=O)NCCN2CCOCC2)c(-c2ccccc2)nn1-c1cc(F)ccc1F. The van der Waals surface area contributed by atoms with E-state index in [-0.39, 0.29) is 17.2 Å². The number of rotatable bonds is 6. The van der Waals surface area contributed by atoms with E-state index in [0.29, 0.717) is 37.6 Å². The summed E-state index contributed by atoms with van der Waals surface area (Å²) in [5, 5.41) is 9.90. The van der Waals surface area contributed by atoms with Crippen LogP contribution in [0.15, 0.2) is 48.5 Å². The summed E-state index contributed by atoms with van der Waals surface area (Å²) in [7, 11) is 0. The van der Waals surface area contributed by atoms with Crippen LogP contribution in [0.2, 0.25) is 0 Å². The van der Waals surface area contributed by atoms with Gasteiger partial charge < -0.3 is 21.1 Å². The van der Waals surface area contributed by atoms with Crippen molar-refractivity contribution in [3.8, 4) is 16.9 Å². The van der Waals surface area contributed by atoms with Crippen molar-refractivity contribution in [2.45, 2.75) is 0 Å². The highest BCUT2D eigenvalue weighted by Gasteiger charge is 2.22. The van der Waals surface area contributed by atoms with Crippen molar-refractivity contribution in [2.24, 2.45) is 0 Å². The summed E-state index contributed by atoms with van der Waals surface area (Å²) < 4.78 is 34.5. The van der Waals surface area contributed by atoms with Gasteiger partial charge in [-0.05, 0) is 12.1 Å². The fraction of sp³-hybridized carbons (Fsp3) is 0.273. The molecule has 0 saturated carbocycles. The Labute approximate surface area is 184 Å². The highest BCUT2D eigenvalue weighted by atomic mass is 19.1. The van der Waals surface area contributed by atoms with Crippen LogP contribution in [-0.4, -0.2) is 60.1 Å². The van der Waals surface area contributed by atoms with E-state index >= 15 is 0 Å². The van der Waals surface area contributed by atoms with Crippen LogP contribution in [0.1, 0.15) is 0 Å². The van der Waals surface area contributed by atoms with Crippen molar-refractivity contribution in [3.63, 3.8) is 0 Å². The number of carbonyl (C=O) groups is 1. The van der Waals surface area contributed by atoms with Crippen molar-refractivity contribution < 1.29 is 18.3 Å². The van der Waals surface area contributed by atoms with Gasteiger partial charge in [0.05, 0.1) is 13.2 Å². The van der Waals surface area contributed by atoms with Crippen LogP contribution in [-0.2, 0) is 4.74 Å². The van der Waals surface area contributed by atoms with Gasteiger partial charge in [0.15, 0.2) is 5.82 Å². The second-order valence-corrected chi connectivity index (χ2v) is 7.32. The Morgan fingerprint density at radius 2 is 1.88 bits per heavy atom. The Kier molecular flexibility index (Phi) is 6.62. The summed E-state index contributed by atoms with van der Waals surface area (Å²) in [5.74, 6) is -1.34. The van der Waals surface area contributed by atoms with Gasteiger partial charge in [0.2, 0.25) is 0 Å². The molecule has 0 bridgehead atoms. The quantitative estimate of drug-likeness (QED) is 0.546. The average Bonchev–Trinajstić information content (AvgIpc) is 3.12. The number of nitrogen functional groups attached to an aromatic ring is 1. The lowest BCUT2D eigenvalue weighted by atomic mass is 10.1. The van der Waals surface area contributed by atoms with Crippen LogP contribution in [0.5, 0.6) is 0 Å². The molecular formula is C22H24F2N6O2. The molecule has 4 N–H and O–H groups in total. The van der Waals surface area contributed by atoms with Crippen LogP contribution in [0.4, 0.5) is 25.1 Å². The highest BCUT2D eigenvalue weighted by molar-refractivity contribution is 5.97. The second kappa shape index (κ2) is 9.75. The Hall–Kier alpha value is -3.50. The van der Waals surface area contributed by atoms with Crippen LogP contribution in [0.3, 0.4) is 0 Å². The number of carbonyl (C=O) groups excluding carboxylic acids is 1. The third kappa shape index (κ3) is 4.87. The van der Waals surface area contributed by atoms with Crippen LogP contribution in [0, 0.1) is 11.6 Å². The van der Waals surface area contributed by atoms with Crippen molar-refractivity contribution >= 4 is 17.5 Å². The molecule has 1 aromatic heterocycles. The topological polar surface area (TPSA) is 97.4 Å². The summed E-state index contributed by atoms with van der Waals surface area (Å²) in [4.78, 5) is 14.8. The normalized spacial score (nSPS) is 14.3. The first-order valence-electron chi connectivity index (χ1n) is 10.3. The number of nitrogens with one attached hydrogen (secondary N) is 2. The number of hydrogen-bond donors (Lipinski definition) is 3. The largest absolute Gasteiger partial charge is 0.382 e. The summed E-state index contributed by atoms with van der Waals surface area (Å²) in [5.41, 5.74) is 7.30. The van der Waals surface area contributed by atoms with Gasteiger partial charge in [0, 0.05) is 37.8 Å². The molecule has 1 aliphatic rings. The Morgan fingerprint density at radius 1 is 1.12 bits per heavy atom. The number of morpholine rings is 1. The monoisotopic (exact) mass is 442 g/mol. The van der Waals surface area contributed by atoms with Gasteiger partial charge in [-0.1, -0.05) is 30.3 Å². The number of nitrogens with two attached hydrogens (primary N) is 1. The van der Waals surface area contributed by atoms with Gasteiger partial charge in [-0.25, -0.2) is 18.3 Å². The van der Waals surface area contributed by atoms with E-state index in [9.17, 15) is 13.6 Å². The van der Waals surface area contributed by atoms with Gasteiger partial charge >= 0.3 is 6.03 Å². The van der Waals surface area contributed by atoms with E-state index in [1.165, 1.54) is 0 Å². The van der Waals surface area contributed by atoms with E-state index in [4.69, 9.17) is 10.5 Å². The number of halogens is 2. The third-order valence-corrected chi connectivity index (χ3v) is 5.16. The smallest absolute Gasteiger partial charge is 0.319 e. The van der Waals surface area contributed by atoms with Gasteiger partial charge in [-0.3, -0.25) is 4.90 Å². The Balaban J connectivity index is 1.58. The standard InChI is InChI=1S/C22H24F2N6O2/c23-16-6-7-17(24)18(14-16)30-21(25)20(19(28-30)15-4-2-1-3-5-15)27-22(31)26-8-9-29-10-12-32-13-11-29/h1-7,14H,8-13,25H2,(H2,26,27,31). The molecule has 10 heteroatoms. The maximum absolute atomic E-state index is 14.4. The zero-order chi connectivity index (χ0) is 22.5. The first-order chi connectivity index (χ1) is 15.5. The highest BCUT2D eigenvalue weighted by Crippen LogP contribution is 2.34. The number of anilines is 2. The molecule has 2 amide bonds. The van der Waals surface area contributed by atoms with Crippen LogP contribution < -0.4 is 16.4 Å². The Bertz CT molecular complexity index is 1080. The van der Waals surface area contributed by atoms with Gasteiger partial charge in [0.1, 0.15) is 28.7 Å². The molecule has 4 rings (SSSR count). The molecule has 1 fully saturated rings. The molecule has 1 aliphatic heterocycles. The first-order valence-corrected chi connectivity index (χ1v) is 10.3. The van der Waals surface area contributed by atoms with Crippen LogP contribution >= 0.6 is 0 Å². The van der Waals surface area contributed by atoms with E-state index < -0.39 is 17.7 Å². The fourth-order valence-electron chi connectivity index (χ4n) is 3.49. The lowest BCUT2D eigenvalue weighted by Gasteiger charge is -2.26. The van der Waals surface area contributed by atoms with Gasteiger partial charge in [-0.2, -0.15) is 5.10 Å². The van der Waals surface area contributed by atoms with E-state index in [0.717, 1.165) is 36.0 Å². The Morgan fingerprint density at radius 3 is 2.62 bits per heavy atom. The summed E-state index contributed by atoms with van der Waals surface area (Å²) >= 11 is 0. The average molecular weight is 442 g/mol. The molecule has 2 aromatic carbocycles. The minimum Gasteiger partial charge on any atom is -0.382 e. The molecule has 0 aliphatic carbocycles. The number of amides is 2. The van der Waals surface area contributed by atoms with E-state index in [2.05, 4.69) is 20.6 Å². The summed E-state index contributed by atoms with van der Waals surface area (Å²) in [6.45, 7) is 4.11. The fourth-order valence-corrected chi connectivity index (χ4v) is 3.49. The number of urea groups is 1. The molecule has 0 unspecified atom stereocenters. The molecule has 0 spiro atoms. The van der Waals surface area contributed by atoms with Crippen molar-refractivity contribution in [3.05, 3.63) is 60.2 Å². The molecule has 2 heterocycles. The molecule has 8 nitrogen and oxygen atoms in total. The minimum atomic E-state index is -0.693. The maximum atomic E-state index is 14.4. The van der Waals surface area contributed by atoms with E-state index in [1.54, 1.807) is 24.3 Å². The van der Waals surface area contributed by atoms with Crippen molar-refractivity contribution in [2.75, 3.05) is 50.4 Å². The molecule has 0 radical (unpaired) electrons. The summed E-state index contributed by atoms with van der Waals surface area (Å²) in [6.07, 6.45) is 0. The maximum Gasteiger partial charge on any atom is 0.319 e. The second-order valence-electron chi connectivity index (χ2n) is 7.32. The molecule has 32 heavy (non-hydrogen) atoms. The predicted molar refractivity (Wildman–Crippen MR) is 118 cm³/mol. The summed E-state index contributed by atoms with van der Waals surface area (Å²) in [6, 6.07) is 11.6. The van der Waals surface area contributed by atoms with E-state index in [1.807, 2.05) is 6.07 Å². The number of nitrogens with zero attached hydrogens (tertiary/aromatic N) is 3. The minimum absolute atomic E-state index is 0.0170. The zero-order valence-electron chi connectivity index (χ0n) is 17.4. The van der Waals surface area contributed by atoms with Crippen LogP contribution in [0.25, 0.3) is 16.9 Å². The number of benzene rings is 2. The molecule has 1 saturated heterocycles. The predicted octanol–water partition coefficient (Wildman–Crippen LogP) is 2.85. The number of aromatic nitrogens is 2. The number of hydrogen-bond acceptors (Lipinski definition) is 5. The third-order valence-electron chi connectivity index (χ3n) is 5.16. The van der Waals surface area contributed by atoms with Crippen molar-refractivity contribution in [1.29, 1.82) is 0 Å². The molecule has 168 valence electrons. The zero-order valence-corrected chi connectivity index (χ0v) is 17.4. The van der Waals surface area contributed by atoms with Gasteiger partial charge in [-0.15, -0.1) is 0 Å². The molecule has 3 aromatic rings. The van der Waals surface area contributed by atoms with Gasteiger partial charge in [0.25, 0.3) is 0 Å². The lowest BCUT2D eigenvalue weighted by Crippen LogP contribution is -2.42. The van der Waals surface area contributed by atoms with Crippen molar-refractivity contribution in [1.82, 2.24) is 20.0 Å². The lowest BCUT2D eigenvalue weighted by molar-refractivity contribution is 0.0388. The molecular weight excluding hydrogens is 418 g/mol. The first kappa shape index (κ1) is 21.7. The number of ether oxygens (including phenoxy) is 1. The molecule has 0 atom stereocenters.